The van der Waals surface area contributed by atoms with E-state index in [0.29, 0.717) is 25.3 Å². The van der Waals surface area contributed by atoms with Crippen molar-refractivity contribution >= 4 is 23.4 Å². The van der Waals surface area contributed by atoms with E-state index in [1.165, 1.54) is 0 Å². The molecule has 2 aromatic rings. The van der Waals surface area contributed by atoms with Crippen LogP contribution in [-0.4, -0.2) is 31.3 Å². The van der Waals surface area contributed by atoms with Crippen LogP contribution in [0.5, 0.6) is 0 Å². The lowest BCUT2D eigenvalue weighted by Gasteiger charge is -2.30. The number of likely N-dealkylation sites (N-methyl/N-ethyl adjacent to an activating group) is 1. The minimum absolute atomic E-state index is 0.214. The van der Waals surface area contributed by atoms with Crippen LogP contribution in [0.25, 0.3) is 11.1 Å². The highest BCUT2D eigenvalue weighted by Crippen LogP contribution is 2.42. The third-order valence-corrected chi connectivity index (χ3v) is 7.01. The van der Waals surface area contributed by atoms with Crippen LogP contribution in [0, 0.1) is 11.3 Å². The summed E-state index contributed by atoms with van der Waals surface area (Å²) in [6.07, 6.45) is 3.52. The zero-order valence-electron chi connectivity index (χ0n) is 19.7. The van der Waals surface area contributed by atoms with E-state index in [1.807, 2.05) is 48.5 Å². The number of fused-ring (bicyclic) bond motifs is 3. The summed E-state index contributed by atoms with van der Waals surface area (Å²) in [5.41, 5.74) is 2.29. The molecule has 0 radical (unpaired) electrons. The summed E-state index contributed by atoms with van der Waals surface area (Å²) in [6.45, 7) is 4.76. The number of carbonyl (C=O) groups is 3. The Kier molecular flexibility index (Phi) is 6.54. The van der Waals surface area contributed by atoms with Crippen molar-refractivity contribution in [2.24, 2.45) is 11.3 Å². The van der Waals surface area contributed by atoms with Gasteiger partial charge in [0.1, 0.15) is 11.5 Å². The Morgan fingerprint density at radius 2 is 1.64 bits per heavy atom. The lowest BCUT2D eigenvalue weighted by Crippen LogP contribution is -2.52. The second-order valence-electron chi connectivity index (χ2n) is 9.64. The molecule has 0 saturated heterocycles. The van der Waals surface area contributed by atoms with Gasteiger partial charge in [0.15, 0.2) is 0 Å². The number of hydrogen-bond donors (Lipinski definition) is 2. The molecule has 1 fully saturated rings. The minimum atomic E-state index is -1.12. The van der Waals surface area contributed by atoms with Crippen LogP contribution in [0.2, 0.25) is 0 Å². The maximum atomic E-state index is 13.7. The molecular weight excluding hydrogens is 414 g/mol. The monoisotopic (exact) mass is 447 g/mol. The topological polar surface area (TPSA) is 78.5 Å². The third-order valence-electron chi connectivity index (χ3n) is 7.01. The van der Waals surface area contributed by atoms with Gasteiger partial charge in [0.2, 0.25) is 11.8 Å². The SMILES string of the molecule is CC(C)CCNC(=O)C1(C(=O)NC2C(=O)N(C)c3ccccc3-c3ccccc32)CCCC1. The van der Waals surface area contributed by atoms with Crippen LogP contribution in [-0.2, 0) is 14.4 Å². The fourth-order valence-corrected chi connectivity index (χ4v) is 5.02. The molecular formula is C27H33N3O3. The fourth-order valence-electron chi connectivity index (χ4n) is 5.02. The second kappa shape index (κ2) is 9.38. The van der Waals surface area contributed by atoms with Gasteiger partial charge >= 0.3 is 0 Å². The van der Waals surface area contributed by atoms with Gasteiger partial charge in [-0.3, -0.25) is 14.4 Å². The summed E-state index contributed by atoms with van der Waals surface area (Å²) in [4.78, 5) is 42.0. The lowest BCUT2D eigenvalue weighted by molar-refractivity contribution is -0.145. The molecule has 6 nitrogen and oxygen atoms in total. The molecule has 174 valence electrons. The Hall–Kier alpha value is -3.15. The maximum absolute atomic E-state index is 13.7. The van der Waals surface area contributed by atoms with E-state index >= 15 is 0 Å². The van der Waals surface area contributed by atoms with Crippen LogP contribution >= 0.6 is 0 Å². The molecule has 2 N–H and O–H groups in total. The van der Waals surface area contributed by atoms with Crippen molar-refractivity contribution in [1.82, 2.24) is 10.6 Å². The van der Waals surface area contributed by atoms with Crippen molar-refractivity contribution in [2.45, 2.75) is 52.0 Å². The van der Waals surface area contributed by atoms with Crippen LogP contribution in [0.15, 0.2) is 48.5 Å². The van der Waals surface area contributed by atoms with E-state index in [1.54, 1.807) is 11.9 Å². The van der Waals surface area contributed by atoms with Gasteiger partial charge in [-0.2, -0.15) is 0 Å². The average molecular weight is 448 g/mol. The molecule has 4 rings (SSSR count). The Morgan fingerprint density at radius 3 is 2.33 bits per heavy atom. The van der Waals surface area contributed by atoms with Gasteiger partial charge in [-0.05, 0) is 42.4 Å². The molecule has 1 atom stereocenters. The summed E-state index contributed by atoms with van der Waals surface area (Å²) in [6, 6.07) is 14.6. The van der Waals surface area contributed by atoms with Crippen molar-refractivity contribution in [2.75, 3.05) is 18.5 Å². The summed E-state index contributed by atoms with van der Waals surface area (Å²) in [7, 11) is 1.73. The van der Waals surface area contributed by atoms with E-state index in [4.69, 9.17) is 0 Å². The number of carbonyl (C=O) groups excluding carboxylic acids is 3. The molecule has 3 amide bonds. The van der Waals surface area contributed by atoms with Gasteiger partial charge in [-0.15, -0.1) is 0 Å². The van der Waals surface area contributed by atoms with Crippen molar-refractivity contribution in [3.8, 4) is 11.1 Å². The van der Waals surface area contributed by atoms with Crippen molar-refractivity contribution in [3.05, 3.63) is 54.1 Å². The first kappa shape index (κ1) is 23.0. The molecule has 2 aromatic carbocycles. The number of para-hydroxylation sites is 1. The van der Waals surface area contributed by atoms with E-state index in [0.717, 1.165) is 41.6 Å². The summed E-state index contributed by atoms with van der Waals surface area (Å²) < 4.78 is 0. The largest absolute Gasteiger partial charge is 0.355 e. The van der Waals surface area contributed by atoms with Gasteiger partial charge in [-0.1, -0.05) is 69.2 Å². The summed E-state index contributed by atoms with van der Waals surface area (Å²) in [5.74, 6) is -0.316. The molecule has 1 unspecified atom stereocenters. The van der Waals surface area contributed by atoms with Gasteiger partial charge in [0.25, 0.3) is 5.91 Å². The zero-order valence-corrected chi connectivity index (χ0v) is 19.7. The highest BCUT2D eigenvalue weighted by atomic mass is 16.2. The lowest BCUT2D eigenvalue weighted by atomic mass is 9.83. The van der Waals surface area contributed by atoms with Crippen LogP contribution in [0.4, 0.5) is 5.69 Å². The molecule has 0 spiro atoms. The van der Waals surface area contributed by atoms with Crippen LogP contribution in [0.3, 0.4) is 0 Å². The standard InChI is InChI=1S/C27H33N3O3/c1-18(2)14-17-28-25(32)27(15-8-9-16-27)26(33)29-23-21-12-5-4-10-19(21)20-11-6-7-13-22(20)30(3)24(23)31/h4-7,10-13,18,23H,8-9,14-17H2,1-3H3,(H,28,32)(H,29,33). The molecule has 0 bridgehead atoms. The average Bonchev–Trinajstić information content (AvgIpc) is 3.30. The van der Waals surface area contributed by atoms with Crippen molar-refractivity contribution in [1.29, 1.82) is 0 Å². The van der Waals surface area contributed by atoms with Crippen molar-refractivity contribution in [3.63, 3.8) is 0 Å². The number of anilines is 1. The highest BCUT2D eigenvalue weighted by Gasteiger charge is 2.49. The van der Waals surface area contributed by atoms with Gasteiger partial charge < -0.3 is 15.5 Å². The number of nitrogens with one attached hydrogen (secondary N) is 2. The second-order valence-corrected chi connectivity index (χ2v) is 9.64. The Morgan fingerprint density at radius 1 is 1.00 bits per heavy atom. The molecule has 1 aliphatic carbocycles. The maximum Gasteiger partial charge on any atom is 0.253 e. The molecule has 6 heteroatoms. The predicted molar refractivity (Wildman–Crippen MR) is 130 cm³/mol. The number of nitrogens with zero attached hydrogens (tertiary/aromatic N) is 1. The van der Waals surface area contributed by atoms with E-state index < -0.39 is 11.5 Å². The van der Waals surface area contributed by atoms with Crippen LogP contribution in [0.1, 0.15) is 57.6 Å². The predicted octanol–water partition coefficient (Wildman–Crippen LogP) is 4.21. The number of hydrogen-bond acceptors (Lipinski definition) is 3. The van der Waals surface area contributed by atoms with E-state index in [2.05, 4.69) is 24.5 Å². The smallest absolute Gasteiger partial charge is 0.253 e. The number of benzene rings is 2. The Bertz CT molecular complexity index is 1060. The third kappa shape index (κ3) is 4.26. The molecule has 2 aliphatic rings. The first-order valence-electron chi connectivity index (χ1n) is 11.9. The summed E-state index contributed by atoms with van der Waals surface area (Å²) >= 11 is 0. The van der Waals surface area contributed by atoms with Crippen molar-refractivity contribution < 1.29 is 14.4 Å². The first-order chi connectivity index (χ1) is 15.8. The van der Waals surface area contributed by atoms with Gasteiger partial charge in [0.05, 0.1) is 5.69 Å². The van der Waals surface area contributed by atoms with Crippen LogP contribution < -0.4 is 15.5 Å². The summed E-state index contributed by atoms with van der Waals surface area (Å²) in [5, 5.41) is 5.99. The number of rotatable bonds is 6. The molecule has 1 heterocycles. The van der Waals surface area contributed by atoms with E-state index in [9.17, 15) is 14.4 Å². The molecule has 1 aliphatic heterocycles. The quantitative estimate of drug-likeness (QED) is 0.651. The first-order valence-corrected chi connectivity index (χ1v) is 11.9. The van der Waals surface area contributed by atoms with Gasteiger partial charge in [-0.25, -0.2) is 0 Å². The molecule has 1 saturated carbocycles. The van der Waals surface area contributed by atoms with Gasteiger partial charge in [0, 0.05) is 19.2 Å². The molecule has 0 aromatic heterocycles. The Labute approximate surface area is 195 Å². The highest BCUT2D eigenvalue weighted by molar-refractivity contribution is 6.09. The molecule has 33 heavy (non-hydrogen) atoms. The Balaban J connectivity index is 1.65. The zero-order chi connectivity index (χ0) is 23.6. The fraction of sp³-hybridized carbons (Fsp3) is 0.444. The minimum Gasteiger partial charge on any atom is -0.355 e. The van der Waals surface area contributed by atoms with E-state index in [-0.39, 0.29) is 17.7 Å². The number of amides is 3. The normalized spacial score (nSPS) is 19.0.